The number of H-pyrrole nitrogens is 1. The maximum atomic E-state index is 13.3. The first-order valence-electron chi connectivity index (χ1n) is 11.5. The van der Waals surface area contributed by atoms with Gasteiger partial charge in [-0.2, -0.15) is 0 Å². The van der Waals surface area contributed by atoms with Crippen molar-refractivity contribution in [3.63, 3.8) is 0 Å². The molecule has 0 bridgehead atoms. The minimum absolute atomic E-state index is 0.0150. The SMILES string of the molecule is O=C(c1cccc2[nH]c(-c3ccc(F)cc3)nc12)N1CC(N2CCN(Cc3cscn3)CC2)C1. The Balaban J connectivity index is 1.09. The Labute approximate surface area is 200 Å². The van der Waals surface area contributed by atoms with Crippen molar-refractivity contribution in [2.45, 2.75) is 12.6 Å². The number of hydrogen-bond acceptors (Lipinski definition) is 6. The number of fused-ring (bicyclic) bond motifs is 1. The van der Waals surface area contributed by atoms with E-state index in [0.717, 1.165) is 62.6 Å². The number of benzene rings is 2. The number of imidazole rings is 1. The molecule has 0 saturated carbocycles. The van der Waals surface area contributed by atoms with E-state index in [-0.39, 0.29) is 11.7 Å². The minimum Gasteiger partial charge on any atom is -0.338 e. The second kappa shape index (κ2) is 8.90. The van der Waals surface area contributed by atoms with Crippen LogP contribution < -0.4 is 0 Å². The van der Waals surface area contributed by atoms with Crippen LogP contribution in [0.1, 0.15) is 16.1 Å². The van der Waals surface area contributed by atoms with Crippen molar-refractivity contribution in [3.8, 4) is 11.4 Å². The van der Waals surface area contributed by atoms with Gasteiger partial charge >= 0.3 is 0 Å². The number of piperazine rings is 1. The summed E-state index contributed by atoms with van der Waals surface area (Å²) < 4.78 is 13.3. The van der Waals surface area contributed by atoms with Gasteiger partial charge in [0.15, 0.2) is 0 Å². The smallest absolute Gasteiger partial charge is 0.256 e. The topological polar surface area (TPSA) is 68.4 Å². The number of aromatic amines is 1. The summed E-state index contributed by atoms with van der Waals surface area (Å²) in [4.78, 5) is 32.5. The highest BCUT2D eigenvalue weighted by molar-refractivity contribution is 7.07. The Morgan fingerprint density at radius 1 is 1.09 bits per heavy atom. The highest BCUT2D eigenvalue weighted by Crippen LogP contribution is 2.26. The Morgan fingerprint density at radius 3 is 2.62 bits per heavy atom. The number of thiazole rings is 1. The quantitative estimate of drug-likeness (QED) is 0.478. The maximum absolute atomic E-state index is 13.3. The molecule has 4 aromatic rings. The van der Waals surface area contributed by atoms with E-state index in [1.807, 2.05) is 28.6 Å². The van der Waals surface area contributed by atoms with Gasteiger partial charge in [-0.1, -0.05) is 6.07 Å². The molecule has 4 heterocycles. The molecular formula is C25H25FN6OS. The van der Waals surface area contributed by atoms with Crippen molar-refractivity contribution in [1.29, 1.82) is 0 Å². The summed E-state index contributed by atoms with van der Waals surface area (Å²) in [6, 6.07) is 12.2. The summed E-state index contributed by atoms with van der Waals surface area (Å²) in [7, 11) is 0. The van der Waals surface area contributed by atoms with Gasteiger partial charge in [0.1, 0.15) is 17.2 Å². The molecule has 2 fully saturated rings. The number of amides is 1. The molecule has 1 N–H and O–H groups in total. The second-order valence-corrected chi connectivity index (χ2v) is 9.67. The van der Waals surface area contributed by atoms with Crippen LogP contribution in [0.3, 0.4) is 0 Å². The first-order valence-corrected chi connectivity index (χ1v) is 12.5. The molecule has 0 spiro atoms. The van der Waals surface area contributed by atoms with Crippen LogP contribution in [0.15, 0.2) is 53.4 Å². The van der Waals surface area contributed by atoms with E-state index in [4.69, 9.17) is 0 Å². The lowest BCUT2D eigenvalue weighted by atomic mass is 10.0. The highest BCUT2D eigenvalue weighted by atomic mass is 32.1. The maximum Gasteiger partial charge on any atom is 0.256 e. The molecule has 0 aliphatic carbocycles. The van der Waals surface area contributed by atoms with Gasteiger partial charge in [-0.3, -0.25) is 14.6 Å². The van der Waals surface area contributed by atoms with Crippen LogP contribution in [-0.4, -0.2) is 80.9 Å². The van der Waals surface area contributed by atoms with Gasteiger partial charge < -0.3 is 9.88 Å². The number of nitrogens with zero attached hydrogens (tertiary/aromatic N) is 5. The zero-order valence-corrected chi connectivity index (χ0v) is 19.5. The average molecular weight is 477 g/mol. The Kier molecular flexibility index (Phi) is 5.60. The molecule has 0 radical (unpaired) electrons. The number of para-hydroxylation sites is 1. The summed E-state index contributed by atoms with van der Waals surface area (Å²) in [5.41, 5.74) is 5.89. The van der Waals surface area contributed by atoms with Crippen molar-refractivity contribution in [3.05, 3.63) is 70.4 Å². The molecule has 174 valence electrons. The third-order valence-corrected chi connectivity index (χ3v) is 7.44. The Hall–Kier alpha value is -3.14. The fraction of sp³-hybridized carbons (Fsp3) is 0.320. The largest absolute Gasteiger partial charge is 0.338 e. The van der Waals surface area contributed by atoms with Crippen molar-refractivity contribution < 1.29 is 9.18 Å². The van der Waals surface area contributed by atoms with Gasteiger partial charge in [0.25, 0.3) is 5.91 Å². The summed E-state index contributed by atoms with van der Waals surface area (Å²) in [6.45, 7) is 6.51. The lowest BCUT2D eigenvalue weighted by molar-refractivity contribution is 0.00644. The number of rotatable bonds is 5. The van der Waals surface area contributed by atoms with E-state index in [0.29, 0.717) is 22.9 Å². The van der Waals surface area contributed by atoms with Crippen LogP contribution in [0.2, 0.25) is 0 Å². The molecule has 2 aliphatic heterocycles. The van der Waals surface area contributed by atoms with Crippen molar-refractivity contribution in [2.75, 3.05) is 39.3 Å². The van der Waals surface area contributed by atoms with Gasteiger partial charge in [0, 0.05) is 62.8 Å². The summed E-state index contributed by atoms with van der Waals surface area (Å²) in [6.07, 6.45) is 0. The molecule has 34 heavy (non-hydrogen) atoms. The van der Waals surface area contributed by atoms with Crippen molar-refractivity contribution in [1.82, 2.24) is 29.7 Å². The number of hydrogen-bond donors (Lipinski definition) is 1. The molecular weight excluding hydrogens is 451 g/mol. The number of aromatic nitrogens is 3. The molecule has 9 heteroatoms. The standard InChI is InChI=1S/C25H25FN6OS/c26-18-6-4-17(5-7-18)24-28-22-3-1-2-21(23(22)29-24)25(33)32-13-20(14-32)31-10-8-30(9-11-31)12-19-15-34-16-27-19/h1-7,15-16,20H,8-14H2,(H,28,29). The first-order chi connectivity index (χ1) is 16.6. The molecule has 6 rings (SSSR count). The second-order valence-electron chi connectivity index (χ2n) is 8.95. The third-order valence-electron chi connectivity index (χ3n) is 6.80. The van der Waals surface area contributed by atoms with E-state index in [1.165, 1.54) is 12.1 Å². The molecule has 0 atom stereocenters. The fourth-order valence-electron chi connectivity index (χ4n) is 4.80. The molecule has 2 aliphatic rings. The van der Waals surface area contributed by atoms with Gasteiger partial charge in [-0.15, -0.1) is 11.3 Å². The van der Waals surface area contributed by atoms with E-state index < -0.39 is 0 Å². The molecule has 2 aromatic carbocycles. The minimum atomic E-state index is -0.288. The fourth-order valence-corrected chi connectivity index (χ4v) is 5.35. The van der Waals surface area contributed by atoms with Crippen LogP contribution >= 0.6 is 11.3 Å². The average Bonchev–Trinajstić information content (AvgIpc) is 3.49. The van der Waals surface area contributed by atoms with Gasteiger partial charge in [0.2, 0.25) is 0 Å². The lowest BCUT2D eigenvalue weighted by Crippen LogP contribution is -2.64. The monoisotopic (exact) mass is 476 g/mol. The Morgan fingerprint density at radius 2 is 1.88 bits per heavy atom. The predicted molar refractivity (Wildman–Crippen MR) is 130 cm³/mol. The van der Waals surface area contributed by atoms with Crippen molar-refractivity contribution in [2.24, 2.45) is 0 Å². The van der Waals surface area contributed by atoms with Crippen LogP contribution in [0.4, 0.5) is 4.39 Å². The third kappa shape index (κ3) is 4.11. The van der Waals surface area contributed by atoms with E-state index in [2.05, 4.69) is 30.1 Å². The van der Waals surface area contributed by atoms with Crippen LogP contribution in [0.5, 0.6) is 0 Å². The predicted octanol–water partition coefficient (Wildman–Crippen LogP) is 3.47. The molecule has 2 saturated heterocycles. The molecule has 2 aromatic heterocycles. The number of likely N-dealkylation sites (tertiary alicyclic amines) is 1. The summed E-state index contributed by atoms with van der Waals surface area (Å²) in [5, 5.41) is 2.12. The zero-order valence-electron chi connectivity index (χ0n) is 18.7. The molecule has 1 amide bonds. The summed E-state index contributed by atoms with van der Waals surface area (Å²) >= 11 is 1.64. The van der Waals surface area contributed by atoms with Crippen LogP contribution in [0, 0.1) is 5.82 Å². The number of halogens is 1. The van der Waals surface area contributed by atoms with Crippen LogP contribution in [0.25, 0.3) is 22.4 Å². The van der Waals surface area contributed by atoms with Gasteiger partial charge in [-0.25, -0.2) is 14.4 Å². The van der Waals surface area contributed by atoms with Gasteiger partial charge in [-0.05, 0) is 36.4 Å². The molecule has 7 nitrogen and oxygen atoms in total. The van der Waals surface area contributed by atoms with Gasteiger partial charge in [0.05, 0.1) is 22.3 Å². The lowest BCUT2D eigenvalue weighted by Gasteiger charge is -2.48. The van der Waals surface area contributed by atoms with Crippen molar-refractivity contribution >= 4 is 28.3 Å². The summed E-state index contributed by atoms with van der Waals surface area (Å²) in [5.74, 6) is 0.359. The Bertz CT molecular complexity index is 1290. The van der Waals surface area contributed by atoms with Crippen LogP contribution in [-0.2, 0) is 6.54 Å². The van der Waals surface area contributed by atoms with E-state index in [1.54, 1.807) is 23.5 Å². The zero-order chi connectivity index (χ0) is 23.1. The number of nitrogens with one attached hydrogen (secondary N) is 1. The van der Waals surface area contributed by atoms with E-state index in [9.17, 15) is 9.18 Å². The number of carbonyl (C=O) groups excluding carboxylic acids is 1. The number of carbonyl (C=O) groups is 1. The van der Waals surface area contributed by atoms with E-state index >= 15 is 0 Å². The highest BCUT2D eigenvalue weighted by Gasteiger charge is 2.37. The molecule has 0 unspecified atom stereocenters. The first kappa shape index (κ1) is 21.4. The normalized spacial score (nSPS) is 17.9.